The van der Waals surface area contributed by atoms with Crippen molar-refractivity contribution in [3.05, 3.63) is 46.0 Å². The highest BCUT2D eigenvalue weighted by Crippen LogP contribution is 2.27. The van der Waals surface area contributed by atoms with Crippen molar-refractivity contribution >= 4 is 17.3 Å². The normalized spacial score (nSPS) is 10.2. The molecule has 17 heavy (non-hydrogen) atoms. The highest BCUT2D eigenvalue weighted by molar-refractivity contribution is 6.30. The lowest BCUT2D eigenvalue weighted by Crippen LogP contribution is -2.18. The Kier molecular flexibility index (Phi) is 3.01. The van der Waals surface area contributed by atoms with Gasteiger partial charge in [0, 0.05) is 30.5 Å². The lowest BCUT2D eigenvalue weighted by Gasteiger charge is -2.07. The van der Waals surface area contributed by atoms with E-state index in [4.69, 9.17) is 22.1 Å². The van der Waals surface area contributed by atoms with Gasteiger partial charge in [-0.1, -0.05) is 11.6 Å². The van der Waals surface area contributed by atoms with Crippen molar-refractivity contribution in [1.82, 2.24) is 9.55 Å². The smallest absolute Gasteiger partial charge is 0.313 e. The first kappa shape index (κ1) is 11.5. The lowest BCUT2D eigenvalue weighted by molar-refractivity contribution is 0.451. The number of aryl methyl sites for hydroxylation is 1. The minimum absolute atomic E-state index is 0.0380. The molecule has 1 aromatic carbocycles. The monoisotopic (exact) mass is 251 g/mol. The Morgan fingerprint density at radius 2 is 2.24 bits per heavy atom. The molecular weight excluding hydrogens is 242 g/mol. The zero-order chi connectivity index (χ0) is 12.4. The van der Waals surface area contributed by atoms with Crippen molar-refractivity contribution in [3.63, 3.8) is 0 Å². The first-order valence-corrected chi connectivity index (χ1v) is 5.20. The minimum Gasteiger partial charge on any atom is -0.432 e. The van der Waals surface area contributed by atoms with Crippen LogP contribution in [-0.4, -0.2) is 9.55 Å². The maximum Gasteiger partial charge on any atom is 0.313 e. The summed E-state index contributed by atoms with van der Waals surface area (Å²) >= 11 is 5.81. The van der Waals surface area contributed by atoms with Crippen molar-refractivity contribution in [1.29, 1.82) is 0 Å². The highest BCUT2D eigenvalue weighted by atomic mass is 35.5. The summed E-state index contributed by atoms with van der Waals surface area (Å²) in [6.07, 6.45) is 3.01. The van der Waals surface area contributed by atoms with Gasteiger partial charge < -0.3 is 15.0 Å². The maximum atomic E-state index is 11.7. The molecule has 5 nitrogen and oxygen atoms in total. The second kappa shape index (κ2) is 4.47. The molecule has 0 aliphatic rings. The Morgan fingerprint density at radius 1 is 1.47 bits per heavy atom. The molecule has 2 N–H and O–H groups in total. The first-order chi connectivity index (χ1) is 8.08. The predicted molar refractivity (Wildman–Crippen MR) is 65.4 cm³/mol. The number of nitrogens with zero attached hydrogens (tertiary/aromatic N) is 2. The van der Waals surface area contributed by atoms with Gasteiger partial charge in [-0.25, -0.2) is 4.98 Å². The Morgan fingerprint density at radius 3 is 3.00 bits per heavy atom. The maximum absolute atomic E-state index is 11.7. The van der Waals surface area contributed by atoms with Gasteiger partial charge in [0.15, 0.2) is 5.75 Å². The van der Waals surface area contributed by atoms with Gasteiger partial charge >= 0.3 is 5.56 Å². The number of benzene rings is 1. The van der Waals surface area contributed by atoms with E-state index in [9.17, 15) is 4.79 Å². The van der Waals surface area contributed by atoms with E-state index < -0.39 is 0 Å². The van der Waals surface area contributed by atoms with Crippen LogP contribution in [0.3, 0.4) is 0 Å². The van der Waals surface area contributed by atoms with E-state index in [-0.39, 0.29) is 11.4 Å². The summed E-state index contributed by atoms with van der Waals surface area (Å²) in [7, 11) is 1.61. The van der Waals surface area contributed by atoms with E-state index in [0.29, 0.717) is 16.5 Å². The molecule has 0 amide bonds. The number of anilines is 1. The number of hydrogen-bond donors (Lipinski definition) is 1. The fourth-order valence-electron chi connectivity index (χ4n) is 1.25. The molecule has 0 aliphatic carbocycles. The van der Waals surface area contributed by atoms with Gasteiger partial charge in [0.25, 0.3) is 5.88 Å². The van der Waals surface area contributed by atoms with E-state index in [1.54, 1.807) is 19.2 Å². The van der Waals surface area contributed by atoms with Crippen LogP contribution < -0.4 is 16.0 Å². The Bertz CT molecular complexity index is 610. The minimum atomic E-state index is -0.341. The van der Waals surface area contributed by atoms with E-state index in [2.05, 4.69) is 4.98 Å². The number of halogens is 1. The standard InChI is InChI=1S/C11H10ClN3O2/c1-15-5-4-14-10(11(15)16)17-9-6-7(12)2-3-8(9)13/h2-6H,13H2,1H3. The Labute approximate surface area is 102 Å². The number of hydrogen-bond acceptors (Lipinski definition) is 4. The van der Waals surface area contributed by atoms with Gasteiger partial charge in [-0.15, -0.1) is 0 Å². The molecule has 2 rings (SSSR count). The number of rotatable bonds is 2. The van der Waals surface area contributed by atoms with Gasteiger partial charge in [0.1, 0.15) is 0 Å². The average Bonchev–Trinajstić information content (AvgIpc) is 2.30. The zero-order valence-corrected chi connectivity index (χ0v) is 9.81. The van der Waals surface area contributed by atoms with Crippen molar-refractivity contribution in [3.8, 4) is 11.6 Å². The van der Waals surface area contributed by atoms with E-state index in [1.165, 1.54) is 23.0 Å². The van der Waals surface area contributed by atoms with Crippen molar-refractivity contribution in [2.24, 2.45) is 7.05 Å². The van der Waals surface area contributed by atoms with Crippen LogP contribution in [0.2, 0.25) is 5.02 Å². The van der Waals surface area contributed by atoms with E-state index >= 15 is 0 Å². The van der Waals surface area contributed by atoms with Gasteiger partial charge in [-0.05, 0) is 12.1 Å². The van der Waals surface area contributed by atoms with E-state index in [1.807, 2.05) is 0 Å². The SMILES string of the molecule is Cn1ccnc(Oc2cc(Cl)ccc2N)c1=O. The van der Waals surface area contributed by atoms with Gasteiger partial charge in [-0.2, -0.15) is 0 Å². The summed E-state index contributed by atoms with van der Waals surface area (Å²) in [6, 6.07) is 4.77. The molecule has 1 aromatic heterocycles. The number of ether oxygens (including phenoxy) is 1. The average molecular weight is 252 g/mol. The lowest BCUT2D eigenvalue weighted by atomic mass is 10.3. The quantitative estimate of drug-likeness (QED) is 0.827. The summed E-state index contributed by atoms with van der Waals surface area (Å²) in [5.74, 6) is 0.275. The van der Waals surface area contributed by atoms with Crippen LogP contribution >= 0.6 is 11.6 Å². The summed E-state index contributed by atoms with van der Waals surface area (Å²) in [5, 5.41) is 0.474. The molecule has 0 bridgehead atoms. The molecule has 0 radical (unpaired) electrons. The van der Waals surface area contributed by atoms with Crippen LogP contribution in [0, 0.1) is 0 Å². The van der Waals surface area contributed by atoms with Crippen LogP contribution in [0.15, 0.2) is 35.4 Å². The van der Waals surface area contributed by atoms with Crippen LogP contribution in [-0.2, 0) is 7.05 Å². The van der Waals surface area contributed by atoms with Gasteiger partial charge in [0.05, 0.1) is 5.69 Å². The molecule has 0 spiro atoms. The fraction of sp³-hybridized carbons (Fsp3) is 0.0909. The Hall–Kier alpha value is -2.01. The third-order valence-corrected chi connectivity index (χ3v) is 2.40. The molecule has 0 saturated carbocycles. The van der Waals surface area contributed by atoms with Gasteiger partial charge in [0.2, 0.25) is 0 Å². The van der Waals surface area contributed by atoms with Crippen molar-refractivity contribution in [2.45, 2.75) is 0 Å². The molecule has 0 aliphatic heterocycles. The molecule has 2 aromatic rings. The molecule has 1 heterocycles. The number of nitrogens with two attached hydrogens (primary N) is 1. The molecular formula is C11H10ClN3O2. The fourth-order valence-corrected chi connectivity index (χ4v) is 1.41. The summed E-state index contributed by atoms with van der Waals surface area (Å²) < 4.78 is 6.71. The number of aromatic nitrogens is 2. The Balaban J connectivity index is 2.41. The summed E-state index contributed by atoms with van der Waals surface area (Å²) in [6.45, 7) is 0. The van der Waals surface area contributed by atoms with E-state index in [0.717, 1.165) is 0 Å². The largest absolute Gasteiger partial charge is 0.432 e. The van der Waals surface area contributed by atoms with Crippen LogP contribution in [0.1, 0.15) is 0 Å². The van der Waals surface area contributed by atoms with Crippen LogP contribution in [0.4, 0.5) is 5.69 Å². The molecule has 0 fully saturated rings. The van der Waals surface area contributed by atoms with Crippen LogP contribution in [0.25, 0.3) is 0 Å². The summed E-state index contributed by atoms with van der Waals surface area (Å²) in [4.78, 5) is 15.5. The molecule has 0 unspecified atom stereocenters. The van der Waals surface area contributed by atoms with Gasteiger partial charge in [-0.3, -0.25) is 4.79 Å². The van der Waals surface area contributed by atoms with Crippen molar-refractivity contribution < 1.29 is 4.74 Å². The first-order valence-electron chi connectivity index (χ1n) is 4.82. The zero-order valence-electron chi connectivity index (χ0n) is 9.05. The topological polar surface area (TPSA) is 70.1 Å². The predicted octanol–water partition coefficient (Wildman–Crippen LogP) is 1.81. The highest BCUT2D eigenvalue weighted by Gasteiger charge is 2.08. The third-order valence-electron chi connectivity index (χ3n) is 2.17. The van der Waals surface area contributed by atoms with Crippen molar-refractivity contribution in [2.75, 3.05) is 5.73 Å². The second-order valence-electron chi connectivity index (χ2n) is 3.43. The molecule has 0 atom stereocenters. The number of nitrogen functional groups attached to an aromatic ring is 1. The molecule has 6 heteroatoms. The summed E-state index contributed by atoms with van der Waals surface area (Å²) in [5.41, 5.74) is 5.76. The molecule has 0 saturated heterocycles. The van der Waals surface area contributed by atoms with Crippen LogP contribution in [0.5, 0.6) is 11.6 Å². The molecule has 88 valence electrons. The third kappa shape index (κ3) is 2.39. The second-order valence-corrected chi connectivity index (χ2v) is 3.87.